The molecule has 2 rings (SSSR count). The highest BCUT2D eigenvalue weighted by Gasteiger charge is 2.07. The van der Waals surface area contributed by atoms with Crippen molar-refractivity contribution >= 4 is 11.6 Å². The molecule has 0 aliphatic carbocycles. The van der Waals surface area contributed by atoms with E-state index >= 15 is 0 Å². The van der Waals surface area contributed by atoms with Crippen molar-refractivity contribution < 1.29 is 14.3 Å². The number of carbonyl (C=O) groups is 1. The highest BCUT2D eigenvalue weighted by molar-refractivity contribution is 5.92. The van der Waals surface area contributed by atoms with Gasteiger partial charge in [-0.1, -0.05) is 18.2 Å². The summed E-state index contributed by atoms with van der Waals surface area (Å²) in [6.45, 7) is 1.96. The topological polar surface area (TPSA) is 47.6 Å². The summed E-state index contributed by atoms with van der Waals surface area (Å²) in [6.07, 6.45) is 0.299. The molecule has 0 radical (unpaired) electrons. The molecular weight excluding hydrogens is 266 g/mol. The Morgan fingerprint density at radius 1 is 1.10 bits per heavy atom. The van der Waals surface area contributed by atoms with E-state index < -0.39 is 0 Å². The van der Waals surface area contributed by atoms with Crippen molar-refractivity contribution in [2.45, 2.75) is 13.3 Å². The lowest BCUT2D eigenvalue weighted by atomic mass is 10.1. The highest BCUT2D eigenvalue weighted by Crippen LogP contribution is 2.22. The Hall–Kier alpha value is -2.49. The monoisotopic (exact) mass is 285 g/mol. The van der Waals surface area contributed by atoms with Gasteiger partial charge in [0.15, 0.2) is 0 Å². The Morgan fingerprint density at radius 2 is 1.90 bits per heavy atom. The van der Waals surface area contributed by atoms with Gasteiger partial charge in [0.25, 0.3) is 0 Å². The molecule has 110 valence electrons. The Balaban J connectivity index is 2.04. The summed E-state index contributed by atoms with van der Waals surface area (Å²) < 4.78 is 10.4. The molecule has 0 bridgehead atoms. The molecule has 0 aliphatic rings. The van der Waals surface area contributed by atoms with Crippen molar-refractivity contribution in [3.05, 3.63) is 53.6 Å². The molecule has 1 N–H and O–H groups in total. The van der Waals surface area contributed by atoms with Gasteiger partial charge in [0, 0.05) is 11.8 Å². The second-order valence-electron chi connectivity index (χ2n) is 4.76. The maximum Gasteiger partial charge on any atom is 0.228 e. The molecule has 2 aromatic rings. The molecule has 2 aromatic carbocycles. The Labute approximate surface area is 124 Å². The molecule has 21 heavy (non-hydrogen) atoms. The van der Waals surface area contributed by atoms with Crippen LogP contribution in [0.2, 0.25) is 0 Å². The van der Waals surface area contributed by atoms with Gasteiger partial charge < -0.3 is 14.8 Å². The Bertz CT molecular complexity index is 638. The Kier molecular flexibility index (Phi) is 4.82. The van der Waals surface area contributed by atoms with E-state index in [0.29, 0.717) is 6.42 Å². The van der Waals surface area contributed by atoms with E-state index in [0.717, 1.165) is 28.3 Å². The number of amides is 1. The average molecular weight is 285 g/mol. The van der Waals surface area contributed by atoms with Crippen LogP contribution in [0.15, 0.2) is 42.5 Å². The average Bonchev–Trinajstić information content (AvgIpc) is 2.49. The van der Waals surface area contributed by atoms with Crippen LogP contribution in [0.25, 0.3) is 0 Å². The van der Waals surface area contributed by atoms with Crippen LogP contribution in [0.1, 0.15) is 11.1 Å². The molecule has 1 amide bonds. The van der Waals surface area contributed by atoms with Gasteiger partial charge >= 0.3 is 0 Å². The summed E-state index contributed by atoms with van der Waals surface area (Å²) >= 11 is 0. The van der Waals surface area contributed by atoms with Gasteiger partial charge in [-0.2, -0.15) is 0 Å². The number of rotatable bonds is 5. The highest BCUT2D eigenvalue weighted by atomic mass is 16.5. The fourth-order valence-corrected chi connectivity index (χ4v) is 2.07. The molecule has 0 saturated heterocycles. The number of ether oxygens (including phenoxy) is 2. The van der Waals surface area contributed by atoms with Crippen LogP contribution in [0.3, 0.4) is 0 Å². The van der Waals surface area contributed by atoms with Gasteiger partial charge in [-0.3, -0.25) is 4.79 Å². The van der Waals surface area contributed by atoms with Gasteiger partial charge in [0.1, 0.15) is 11.5 Å². The van der Waals surface area contributed by atoms with Crippen LogP contribution >= 0.6 is 0 Å². The van der Waals surface area contributed by atoms with Gasteiger partial charge in [0.2, 0.25) is 5.91 Å². The molecule has 0 fully saturated rings. The third kappa shape index (κ3) is 3.99. The lowest BCUT2D eigenvalue weighted by Crippen LogP contribution is -2.14. The molecular formula is C17H19NO3. The molecule has 0 aromatic heterocycles. The first kappa shape index (κ1) is 14.9. The summed E-state index contributed by atoms with van der Waals surface area (Å²) in [7, 11) is 3.22. The zero-order valence-corrected chi connectivity index (χ0v) is 12.5. The number of carbonyl (C=O) groups excluding carboxylic acids is 1. The lowest BCUT2D eigenvalue weighted by Gasteiger charge is -2.09. The third-order valence-corrected chi connectivity index (χ3v) is 3.19. The number of benzene rings is 2. The predicted molar refractivity (Wildman–Crippen MR) is 83.1 cm³/mol. The first-order chi connectivity index (χ1) is 10.1. The van der Waals surface area contributed by atoms with Crippen molar-refractivity contribution in [1.82, 2.24) is 0 Å². The smallest absolute Gasteiger partial charge is 0.228 e. The van der Waals surface area contributed by atoms with E-state index in [1.54, 1.807) is 14.2 Å². The predicted octanol–water partition coefficient (Wildman–Crippen LogP) is 3.19. The molecule has 0 heterocycles. The normalized spacial score (nSPS) is 10.0. The van der Waals surface area contributed by atoms with Crippen LogP contribution in [0.5, 0.6) is 11.5 Å². The minimum Gasteiger partial charge on any atom is -0.497 e. The minimum absolute atomic E-state index is 0.0749. The van der Waals surface area contributed by atoms with Crippen LogP contribution in [-0.2, 0) is 11.2 Å². The standard InChI is InChI=1S/C17H19NO3/c1-12-7-8-14(11-16(12)21-3)18-17(19)10-13-5-4-6-15(9-13)20-2/h4-9,11H,10H2,1-3H3,(H,18,19). The van der Waals surface area contributed by atoms with E-state index in [2.05, 4.69) is 5.32 Å². The molecule has 0 spiro atoms. The van der Waals surface area contributed by atoms with Crippen LogP contribution in [0.4, 0.5) is 5.69 Å². The summed E-state index contributed by atoms with van der Waals surface area (Å²) in [5.74, 6) is 1.43. The van der Waals surface area contributed by atoms with Crippen molar-refractivity contribution in [3.63, 3.8) is 0 Å². The largest absolute Gasteiger partial charge is 0.497 e. The van der Waals surface area contributed by atoms with E-state index in [4.69, 9.17) is 9.47 Å². The molecule has 0 unspecified atom stereocenters. The lowest BCUT2D eigenvalue weighted by molar-refractivity contribution is -0.115. The van der Waals surface area contributed by atoms with Crippen molar-refractivity contribution in [2.75, 3.05) is 19.5 Å². The maximum absolute atomic E-state index is 12.1. The maximum atomic E-state index is 12.1. The first-order valence-corrected chi connectivity index (χ1v) is 6.70. The number of aryl methyl sites for hydroxylation is 1. The second-order valence-corrected chi connectivity index (χ2v) is 4.76. The molecule has 0 saturated carbocycles. The van der Waals surface area contributed by atoms with Crippen molar-refractivity contribution in [2.24, 2.45) is 0 Å². The fraction of sp³-hybridized carbons (Fsp3) is 0.235. The van der Waals surface area contributed by atoms with E-state index in [-0.39, 0.29) is 5.91 Å². The van der Waals surface area contributed by atoms with Crippen LogP contribution in [-0.4, -0.2) is 20.1 Å². The third-order valence-electron chi connectivity index (χ3n) is 3.19. The van der Waals surface area contributed by atoms with Crippen molar-refractivity contribution in [3.8, 4) is 11.5 Å². The Morgan fingerprint density at radius 3 is 2.62 bits per heavy atom. The quantitative estimate of drug-likeness (QED) is 0.917. The molecule has 4 heteroatoms. The van der Waals surface area contributed by atoms with E-state index in [1.165, 1.54) is 0 Å². The summed E-state index contributed by atoms with van der Waals surface area (Å²) in [6, 6.07) is 13.1. The SMILES string of the molecule is COc1cccc(CC(=O)Nc2ccc(C)c(OC)c2)c1. The number of nitrogens with one attached hydrogen (secondary N) is 1. The zero-order chi connectivity index (χ0) is 15.2. The van der Waals surface area contributed by atoms with Crippen molar-refractivity contribution in [1.29, 1.82) is 0 Å². The summed E-state index contributed by atoms with van der Waals surface area (Å²) in [4.78, 5) is 12.1. The number of hydrogen-bond donors (Lipinski definition) is 1. The van der Waals surface area contributed by atoms with Gasteiger partial charge in [-0.05, 0) is 36.2 Å². The van der Waals surface area contributed by atoms with Crippen LogP contribution < -0.4 is 14.8 Å². The van der Waals surface area contributed by atoms with Gasteiger partial charge in [0.05, 0.1) is 20.6 Å². The second kappa shape index (κ2) is 6.79. The number of methoxy groups -OCH3 is 2. The minimum atomic E-state index is -0.0749. The zero-order valence-electron chi connectivity index (χ0n) is 12.5. The van der Waals surface area contributed by atoms with E-state index in [9.17, 15) is 4.79 Å². The summed E-state index contributed by atoms with van der Waals surface area (Å²) in [5.41, 5.74) is 2.67. The first-order valence-electron chi connectivity index (χ1n) is 6.70. The molecule has 0 aliphatic heterocycles. The number of anilines is 1. The van der Waals surface area contributed by atoms with Gasteiger partial charge in [-0.15, -0.1) is 0 Å². The number of hydrogen-bond acceptors (Lipinski definition) is 3. The fourth-order valence-electron chi connectivity index (χ4n) is 2.07. The van der Waals surface area contributed by atoms with E-state index in [1.807, 2.05) is 49.4 Å². The van der Waals surface area contributed by atoms with Gasteiger partial charge in [-0.25, -0.2) is 0 Å². The molecule has 0 atom stereocenters. The summed E-state index contributed by atoms with van der Waals surface area (Å²) in [5, 5.41) is 2.87. The molecule has 4 nitrogen and oxygen atoms in total. The van der Waals surface area contributed by atoms with Crippen LogP contribution in [0, 0.1) is 6.92 Å².